The number of carbonyl (C=O) groups is 1. The van der Waals surface area contributed by atoms with E-state index < -0.39 is 6.10 Å². The van der Waals surface area contributed by atoms with E-state index in [9.17, 15) is 4.79 Å². The van der Waals surface area contributed by atoms with Gasteiger partial charge in [-0.15, -0.1) is 0 Å². The summed E-state index contributed by atoms with van der Waals surface area (Å²) in [6.45, 7) is 3.90. The van der Waals surface area contributed by atoms with Crippen LogP contribution in [0.2, 0.25) is 0 Å². The van der Waals surface area contributed by atoms with Crippen molar-refractivity contribution in [2.45, 2.75) is 20.0 Å². The van der Waals surface area contributed by atoms with Gasteiger partial charge < -0.3 is 10.4 Å². The van der Waals surface area contributed by atoms with E-state index in [4.69, 9.17) is 5.11 Å². The summed E-state index contributed by atoms with van der Waals surface area (Å²) in [5, 5.41) is 11.6. The van der Waals surface area contributed by atoms with Gasteiger partial charge in [0.15, 0.2) is 0 Å². The predicted octanol–water partition coefficient (Wildman–Crippen LogP) is 2.27. The van der Waals surface area contributed by atoms with Crippen molar-refractivity contribution in [3.8, 4) is 0 Å². The number of benzene rings is 1. The second kappa shape index (κ2) is 6.57. The minimum atomic E-state index is -0.529. The first-order valence-electron chi connectivity index (χ1n) is 5.39. The maximum atomic E-state index is 11.4. The van der Waals surface area contributed by atoms with Gasteiger partial charge in [-0.25, -0.2) is 0 Å². The number of aliphatic hydroxyl groups is 1. The molecule has 2 N–H and O–H groups in total. The van der Waals surface area contributed by atoms with E-state index in [0.717, 1.165) is 15.6 Å². The molecule has 0 bridgehead atoms. The summed E-state index contributed by atoms with van der Waals surface area (Å²) in [5.41, 5.74) is 2.11. The van der Waals surface area contributed by atoms with Crippen LogP contribution in [0, 0.1) is 6.92 Å². The molecule has 0 spiro atoms. The van der Waals surface area contributed by atoms with Crippen LogP contribution in [0.15, 0.2) is 28.7 Å². The molecule has 92 valence electrons. The van der Waals surface area contributed by atoms with E-state index in [0.29, 0.717) is 0 Å². The molecule has 1 atom stereocenters. The standard InChI is InChI=1S/C13H16BrNO2/c1-9-3-4-11(12(14)7-9)5-6-13(17)15-8-10(2)16/h3-7,10,16H,8H2,1-2H3,(H,15,17)/b6-5+/t10-/m1/s1. The van der Waals surface area contributed by atoms with Gasteiger partial charge in [-0.1, -0.05) is 28.1 Å². The molecule has 0 aromatic heterocycles. The number of hydrogen-bond acceptors (Lipinski definition) is 2. The summed E-state index contributed by atoms with van der Waals surface area (Å²) in [5.74, 6) is -0.210. The highest BCUT2D eigenvalue weighted by atomic mass is 79.9. The number of aryl methyl sites for hydroxylation is 1. The summed E-state index contributed by atoms with van der Waals surface area (Å²) >= 11 is 3.44. The third-order valence-corrected chi connectivity index (χ3v) is 2.83. The lowest BCUT2D eigenvalue weighted by molar-refractivity contribution is -0.116. The summed E-state index contributed by atoms with van der Waals surface area (Å²) < 4.78 is 0.956. The van der Waals surface area contributed by atoms with Crippen molar-refractivity contribution in [3.05, 3.63) is 39.9 Å². The third-order valence-electron chi connectivity index (χ3n) is 2.14. The molecule has 0 aliphatic carbocycles. The molecule has 0 saturated heterocycles. The molecular formula is C13H16BrNO2. The minimum absolute atomic E-state index is 0.210. The Kier molecular flexibility index (Phi) is 5.38. The van der Waals surface area contributed by atoms with Gasteiger partial charge in [-0.3, -0.25) is 4.79 Å². The summed E-state index contributed by atoms with van der Waals surface area (Å²) in [6, 6.07) is 5.92. The topological polar surface area (TPSA) is 49.3 Å². The smallest absolute Gasteiger partial charge is 0.244 e. The lowest BCUT2D eigenvalue weighted by atomic mass is 10.1. The third kappa shape index (κ3) is 5.15. The van der Waals surface area contributed by atoms with E-state index in [1.165, 1.54) is 6.08 Å². The van der Waals surface area contributed by atoms with Gasteiger partial charge in [0.05, 0.1) is 6.10 Å². The fourth-order valence-electron chi connectivity index (χ4n) is 1.24. The van der Waals surface area contributed by atoms with Crippen LogP contribution in [-0.4, -0.2) is 23.7 Å². The average molecular weight is 298 g/mol. The number of rotatable bonds is 4. The maximum absolute atomic E-state index is 11.4. The van der Waals surface area contributed by atoms with E-state index in [-0.39, 0.29) is 12.5 Å². The number of nitrogens with one attached hydrogen (secondary N) is 1. The van der Waals surface area contributed by atoms with Crippen molar-refractivity contribution in [1.29, 1.82) is 0 Å². The highest BCUT2D eigenvalue weighted by Crippen LogP contribution is 2.19. The molecule has 3 nitrogen and oxygen atoms in total. The molecule has 1 amide bonds. The van der Waals surface area contributed by atoms with E-state index in [2.05, 4.69) is 21.2 Å². The number of halogens is 1. The minimum Gasteiger partial charge on any atom is -0.392 e. The van der Waals surface area contributed by atoms with Crippen molar-refractivity contribution in [2.75, 3.05) is 6.54 Å². The Morgan fingerprint density at radius 1 is 1.59 bits per heavy atom. The van der Waals surface area contributed by atoms with Gasteiger partial charge >= 0.3 is 0 Å². The number of amides is 1. The molecule has 0 aliphatic heterocycles. The molecule has 4 heteroatoms. The summed E-state index contributed by atoms with van der Waals surface area (Å²) in [6.07, 6.45) is 2.66. The molecule has 1 aromatic rings. The first-order chi connectivity index (χ1) is 7.99. The molecular weight excluding hydrogens is 282 g/mol. The van der Waals surface area contributed by atoms with Crippen molar-refractivity contribution in [2.24, 2.45) is 0 Å². The Balaban J connectivity index is 2.61. The summed E-state index contributed by atoms with van der Waals surface area (Å²) in [4.78, 5) is 11.4. The lowest BCUT2D eigenvalue weighted by Crippen LogP contribution is -2.28. The molecule has 0 heterocycles. The van der Waals surface area contributed by atoms with E-state index in [1.807, 2.05) is 25.1 Å². The van der Waals surface area contributed by atoms with Gasteiger partial charge in [0.1, 0.15) is 0 Å². The number of carbonyl (C=O) groups excluding carboxylic acids is 1. The Hall–Kier alpha value is -1.13. The van der Waals surface area contributed by atoms with E-state index in [1.54, 1.807) is 13.0 Å². The quantitative estimate of drug-likeness (QED) is 0.838. The monoisotopic (exact) mass is 297 g/mol. The molecule has 0 fully saturated rings. The average Bonchev–Trinajstić information content (AvgIpc) is 2.25. The normalized spacial score (nSPS) is 12.7. The zero-order valence-electron chi connectivity index (χ0n) is 9.90. The van der Waals surface area contributed by atoms with Crippen LogP contribution < -0.4 is 5.32 Å². The van der Waals surface area contributed by atoms with Crippen LogP contribution in [0.5, 0.6) is 0 Å². The van der Waals surface area contributed by atoms with Gasteiger partial charge in [0, 0.05) is 17.1 Å². The van der Waals surface area contributed by atoms with Gasteiger partial charge in [0.2, 0.25) is 5.91 Å². The van der Waals surface area contributed by atoms with Crippen LogP contribution in [-0.2, 0) is 4.79 Å². The van der Waals surface area contributed by atoms with Crippen molar-refractivity contribution in [3.63, 3.8) is 0 Å². The maximum Gasteiger partial charge on any atom is 0.244 e. The molecule has 0 saturated carbocycles. The van der Waals surface area contributed by atoms with Gasteiger partial charge in [-0.05, 0) is 37.1 Å². The van der Waals surface area contributed by atoms with Crippen LogP contribution in [0.1, 0.15) is 18.1 Å². The first kappa shape index (κ1) is 13.9. The van der Waals surface area contributed by atoms with Gasteiger partial charge in [0.25, 0.3) is 0 Å². The SMILES string of the molecule is Cc1ccc(/C=C/C(=O)NC[C@@H](C)O)c(Br)c1. The predicted molar refractivity (Wildman–Crippen MR) is 72.6 cm³/mol. The Morgan fingerprint density at radius 3 is 2.88 bits per heavy atom. The molecule has 0 unspecified atom stereocenters. The Labute approximate surface area is 110 Å². The van der Waals surface area contributed by atoms with Crippen molar-refractivity contribution in [1.82, 2.24) is 5.32 Å². The Bertz CT molecular complexity index is 427. The van der Waals surface area contributed by atoms with Crippen LogP contribution in [0.3, 0.4) is 0 Å². The second-order valence-corrected chi connectivity index (χ2v) is 4.81. The highest BCUT2D eigenvalue weighted by molar-refractivity contribution is 9.10. The summed E-state index contributed by atoms with van der Waals surface area (Å²) in [7, 11) is 0. The lowest BCUT2D eigenvalue weighted by Gasteiger charge is -2.04. The van der Waals surface area contributed by atoms with Crippen LogP contribution >= 0.6 is 15.9 Å². The fourth-order valence-corrected chi connectivity index (χ4v) is 1.87. The van der Waals surface area contributed by atoms with Crippen LogP contribution in [0.25, 0.3) is 6.08 Å². The first-order valence-corrected chi connectivity index (χ1v) is 6.18. The molecule has 17 heavy (non-hydrogen) atoms. The molecule has 1 rings (SSSR count). The Morgan fingerprint density at radius 2 is 2.29 bits per heavy atom. The van der Waals surface area contributed by atoms with Crippen LogP contribution in [0.4, 0.5) is 0 Å². The second-order valence-electron chi connectivity index (χ2n) is 3.95. The number of hydrogen-bond donors (Lipinski definition) is 2. The largest absolute Gasteiger partial charge is 0.392 e. The molecule has 0 radical (unpaired) electrons. The zero-order chi connectivity index (χ0) is 12.8. The van der Waals surface area contributed by atoms with Gasteiger partial charge in [-0.2, -0.15) is 0 Å². The van der Waals surface area contributed by atoms with E-state index >= 15 is 0 Å². The van der Waals surface area contributed by atoms with Crippen molar-refractivity contribution >= 4 is 27.9 Å². The zero-order valence-corrected chi connectivity index (χ0v) is 11.5. The highest BCUT2D eigenvalue weighted by Gasteiger charge is 2.00. The molecule has 1 aromatic carbocycles. The molecule has 0 aliphatic rings. The van der Waals surface area contributed by atoms with Crippen molar-refractivity contribution < 1.29 is 9.90 Å². The number of aliphatic hydroxyl groups excluding tert-OH is 1. The fraction of sp³-hybridized carbons (Fsp3) is 0.308.